The van der Waals surface area contributed by atoms with Crippen LogP contribution in [0.15, 0.2) is 18.2 Å². The van der Waals surface area contributed by atoms with Gasteiger partial charge in [-0.2, -0.15) is 0 Å². The van der Waals surface area contributed by atoms with Crippen LogP contribution in [0.3, 0.4) is 0 Å². The van der Waals surface area contributed by atoms with Crippen molar-refractivity contribution in [3.8, 4) is 5.75 Å². The molecule has 0 bridgehead atoms. The highest BCUT2D eigenvalue weighted by molar-refractivity contribution is 5.31. The van der Waals surface area contributed by atoms with Crippen LogP contribution in [0.4, 0.5) is 4.39 Å². The third kappa shape index (κ3) is 3.95. The van der Waals surface area contributed by atoms with Gasteiger partial charge >= 0.3 is 0 Å². The second-order valence-electron chi connectivity index (χ2n) is 6.28. The van der Waals surface area contributed by atoms with Gasteiger partial charge < -0.3 is 10.1 Å². The van der Waals surface area contributed by atoms with Crippen LogP contribution in [0, 0.1) is 11.7 Å². The zero-order valence-corrected chi connectivity index (χ0v) is 13.5. The van der Waals surface area contributed by atoms with Gasteiger partial charge in [0.05, 0.1) is 7.11 Å². The second-order valence-corrected chi connectivity index (χ2v) is 6.28. The van der Waals surface area contributed by atoms with E-state index in [1.54, 1.807) is 12.1 Å². The van der Waals surface area contributed by atoms with E-state index in [1.165, 1.54) is 20.0 Å². The molecule has 1 fully saturated rings. The zero-order valence-electron chi connectivity index (χ0n) is 13.5. The van der Waals surface area contributed by atoms with Crippen LogP contribution in [0.1, 0.15) is 38.3 Å². The van der Waals surface area contributed by atoms with Gasteiger partial charge in [-0.15, -0.1) is 0 Å². The predicted molar refractivity (Wildman–Crippen MR) is 84.2 cm³/mol. The van der Waals surface area contributed by atoms with Gasteiger partial charge in [0, 0.05) is 18.6 Å². The highest BCUT2D eigenvalue weighted by atomic mass is 19.1. The van der Waals surface area contributed by atoms with Gasteiger partial charge in [-0.1, -0.05) is 19.9 Å². The molecule has 1 aromatic carbocycles. The van der Waals surface area contributed by atoms with Gasteiger partial charge in [0.2, 0.25) is 0 Å². The number of benzene rings is 1. The van der Waals surface area contributed by atoms with E-state index in [-0.39, 0.29) is 11.9 Å². The first-order valence-electron chi connectivity index (χ1n) is 7.80. The molecule has 0 spiro atoms. The first-order valence-corrected chi connectivity index (χ1v) is 7.80. The number of nitrogens with one attached hydrogen (secondary N) is 1. The number of piperidine rings is 1. The molecule has 0 aliphatic carbocycles. The third-order valence-electron chi connectivity index (χ3n) is 4.31. The number of nitrogens with zero attached hydrogens (tertiary/aromatic N) is 1. The van der Waals surface area contributed by atoms with Crippen LogP contribution in [-0.4, -0.2) is 38.2 Å². The summed E-state index contributed by atoms with van der Waals surface area (Å²) >= 11 is 0. The Morgan fingerprint density at radius 2 is 2.19 bits per heavy atom. The molecule has 1 N–H and O–H groups in total. The molecule has 0 radical (unpaired) electrons. The van der Waals surface area contributed by atoms with Crippen LogP contribution in [0.2, 0.25) is 0 Å². The molecule has 2 rings (SSSR count). The van der Waals surface area contributed by atoms with Crippen LogP contribution >= 0.6 is 0 Å². The Hall–Kier alpha value is -1.13. The topological polar surface area (TPSA) is 24.5 Å². The van der Waals surface area contributed by atoms with Crippen molar-refractivity contribution in [1.82, 2.24) is 10.2 Å². The van der Waals surface area contributed by atoms with Crippen molar-refractivity contribution in [3.63, 3.8) is 0 Å². The van der Waals surface area contributed by atoms with Gasteiger partial charge in [-0.3, -0.25) is 4.90 Å². The summed E-state index contributed by atoms with van der Waals surface area (Å²) in [6.07, 6.45) is 2.39. The van der Waals surface area contributed by atoms with Gasteiger partial charge in [0.25, 0.3) is 0 Å². The van der Waals surface area contributed by atoms with Gasteiger partial charge in [0.1, 0.15) is 0 Å². The molecule has 1 aliphatic heterocycles. The lowest BCUT2D eigenvalue weighted by molar-refractivity contribution is 0.118. The fraction of sp³-hybridized carbons (Fsp3) is 0.647. The molecule has 0 amide bonds. The molecule has 2 unspecified atom stereocenters. The number of hydrogen-bond acceptors (Lipinski definition) is 3. The summed E-state index contributed by atoms with van der Waals surface area (Å²) in [6, 6.07) is 6.11. The van der Waals surface area contributed by atoms with Crippen LogP contribution in [0.5, 0.6) is 5.75 Å². The van der Waals surface area contributed by atoms with Gasteiger partial charge in [0.15, 0.2) is 11.6 Å². The Morgan fingerprint density at radius 1 is 1.43 bits per heavy atom. The Morgan fingerprint density at radius 3 is 2.81 bits per heavy atom. The van der Waals surface area contributed by atoms with E-state index in [2.05, 4.69) is 31.1 Å². The minimum absolute atomic E-state index is 0.269. The summed E-state index contributed by atoms with van der Waals surface area (Å²) in [5.74, 6) is 0.553. The Labute approximate surface area is 127 Å². The van der Waals surface area contributed by atoms with Crippen molar-refractivity contribution >= 4 is 0 Å². The van der Waals surface area contributed by atoms with Crippen molar-refractivity contribution in [2.24, 2.45) is 5.92 Å². The summed E-state index contributed by atoms with van der Waals surface area (Å²) in [4.78, 5) is 2.34. The van der Waals surface area contributed by atoms with Crippen molar-refractivity contribution in [3.05, 3.63) is 29.6 Å². The van der Waals surface area contributed by atoms with E-state index in [9.17, 15) is 4.39 Å². The van der Waals surface area contributed by atoms with Crippen LogP contribution in [-0.2, 0) is 0 Å². The average molecular weight is 294 g/mol. The molecule has 0 aromatic heterocycles. The van der Waals surface area contributed by atoms with Crippen LogP contribution < -0.4 is 10.1 Å². The number of methoxy groups -OCH3 is 1. The van der Waals surface area contributed by atoms with E-state index in [1.807, 2.05) is 6.07 Å². The molecular weight excluding hydrogens is 267 g/mol. The highest BCUT2D eigenvalue weighted by Crippen LogP contribution is 2.36. The maximum Gasteiger partial charge on any atom is 0.165 e. The Balaban J connectivity index is 2.20. The Kier molecular flexibility index (Phi) is 5.59. The summed E-state index contributed by atoms with van der Waals surface area (Å²) in [7, 11) is 3.63. The lowest BCUT2D eigenvalue weighted by Crippen LogP contribution is -2.41. The molecule has 0 saturated carbocycles. The standard InChI is InChI=1S/C17H27FN2O/c1-12(2)19-11-14-6-5-9-20(3)17(14)13-7-8-16(21-4)15(18)10-13/h7-8,10,12,14,17,19H,5-6,9,11H2,1-4H3. The van der Waals surface area contributed by atoms with Crippen molar-refractivity contribution < 1.29 is 9.13 Å². The number of hydrogen-bond donors (Lipinski definition) is 1. The molecule has 2 atom stereocenters. The Bertz CT molecular complexity index is 464. The predicted octanol–water partition coefficient (Wildman–Crippen LogP) is 3.22. The monoisotopic (exact) mass is 294 g/mol. The van der Waals surface area contributed by atoms with E-state index in [0.29, 0.717) is 17.7 Å². The second kappa shape index (κ2) is 7.23. The number of rotatable bonds is 5. The molecule has 1 heterocycles. The fourth-order valence-corrected chi connectivity index (χ4v) is 3.25. The molecule has 1 aromatic rings. The summed E-state index contributed by atoms with van der Waals surface area (Å²) in [5, 5.41) is 3.53. The highest BCUT2D eigenvalue weighted by Gasteiger charge is 2.30. The lowest BCUT2D eigenvalue weighted by atomic mass is 9.84. The van der Waals surface area contributed by atoms with E-state index in [0.717, 1.165) is 18.7 Å². The van der Waals surface area contributed by atoms with Crippen molar-refractivity contribution in [2.45, 2.75) is 38.8 Å². The van der Waals surface area contributed by atoms with Gasteiger partial charge in [-0.05, 0) is 50.0 Å². The maximum atomic E-state index is 14.0. The zero-order chi connectivity index (χ0) is 15.4. The van der Waals surface area contributed by atoms with E-state index >= 15 is 0 Å². The molecular formula is C17H27FN2O. The van der Waals surface area contributed by atoms with E-state index in [4.69, 9.17) is 4.74 Å². The fourth-order valence-electron chi connectivity index (χ4n) is 3.25. The summed E-state index contributed by atoms with van der Waals surface area (Å²) in [6.45, 7) is 6.36. The molecule has 4 heteroatoms. The first kappa shape index (κ1) is 16.2. The number of likely N-dealkylation sites (tertiary alicyclic amines) is 1. The smallest absolute Gasteiger partial charge is 0.165 e. The molecule has 1 saturated heterocycles. The first-order chi connectivity index (χ1) is 10.0. The molecule has 21 heavy (non-hydrogen) atoms. The van der Waals surface area contributed by atoms with E-state index < -0.39 is 0 Å². The summed E-state index contributed by atoms with van der Waals surface area (Å²) < 4.78 is 19.0. The molecule has 1 aliphatic rings. The summed E-state index contributed by atoms with van der Waals surface area (Å²) in [5.41, 5.74) is 1.05. The minimum atomic E-state index is -0.274. The molecule has 118 valence electrons. The SMILES string of the molecule is COc1ccc(C2C(CNC(C)C)CCCN2C)cc1F. The van der Waals surface area contributed by atoms with Crippen LogP contribution in [0.25, 0.3) is 0 Å². The molecule has 3 nitrogen and oxygen atoms in total. The minimum Gasteiger partial charge on any atom is -0.494 e. The van der Waals surface area contributed by atoms with Crippen molar-refractivity contribution in [2.75, 3.05) is 27.2 Å². The maximum absolute atomic E-state index is 14.0. The number of halogens is 1. The average Bonchev–Trinajstić information content (AvgIpc) is 2.45. The lowest BCUT2D eigenvalue weighted by Gasteiger charge is -2.40. The van der Waals surface area contributed by atoms with Gasteiger partial charge in [-0.25, -0.2) is 4.39 Å². The largest absolute Gasteiger partial charge is 0.494 e. The number of ether oxygens (including phenoxy) is 1. The third-order valence-corrected chi connectivity index (χ3v) is 4.31. The quantitative estimate of drug-likeness (QED) is 0.902. The normalized spacial score (nSPS) is 23.5. The van der Waals surface area contributed by atoms with Crippen molar-refractivity contribution in [1.29, 1.82) is 0 Å².